The Bertz CT molecular complexity index is 380. The van der Waals surface area contributed by atoms with Crippen molar-refractivity contribution in [3.05, 3.63) is 0 Å². The van der Waals surface area contributed by atoms with Crippen LogP contribution in [0, 0.1) is 11.3 Å². The van der Waals surface area contributed by atoms with Gasteiger partial charge in [-0.2, -0.15) is 5.26 Å². The van der Waals surface area contributed by atoms with E-state index in [0.717, 1.165) is 19.3 Å². The normalized spacial score (nSPS) is 21.7. The predicted octanol–water partition coefficient (Wildman–Crippen LogP) is 0.903. The van der Waals surface area contributed by atoms with Crippen molar-refractivity contribution in [2.24, 2.45) is 0 Å². The smallest absolute Gasteiger partial charge is 0.228 e. The largest absolute Gasteiger partial charge is 0.389 e. The third kappa shape index (κ3) is 3.95. The van der Waals surface area contributed by atoms with Crippen LogP contribution in [-0.4, -0.2) is 30.9 Å². The van der Waals surface area contributed by atoms with Crippen LogP contribution in [0.25, 0.3) is 0 Å². The molecule has 0 aliphatic heterocycles. The van der Waals surface area contributed by atoms with E-state index >= 15 is 0 Å². The van der Waals surface area contributed by atoms with Crippen molar-refractivity contribution in [2.75, 3.05) is 6.54 Å². The van der Waals surface area contributed by atoms with Gasteiger partial charge in [-0.25, -0.2) is 13.1 Å². The zero-order valence-electron chi connectivity index (χ0n) is 10.1. The second-order valence-corrected chi connectivity index (χ2v) is 6.62. The van der Waals surface area contributed by atoms with E-state index in [0.29, 0.717) is 12.8 Å². The van der Waals surface area contributed by atoms with E-state index in [-0.39, 0.29) is 13.0 Å². The number of hydrogen-bond acceptors (Lipinski definition) is 4. The van der Waals surface area contributed by atoms with Crippen LogP contribution in [0.15, 0.2) is 0 Å². The lowest BCUT2D eigenvalue weighted by atomic mass is 9.85. The first-order valence-corrected chi connectivity index (χ1v) is 7.58. The fourth-order valence-corrected chi connectivity index (χ4v) is 3.35. The van der Waals surface area contributed by atoms with Gasteiger partial charge in [0.15, 0.2) is 5.25 Å². The number of sulfonamides is 1. The predicted molar refractivity (Wildman–Crippen MR) is 64.6 cm³/mol. The van der Waals surface area contributed by atoms with E-state index in [2.05, 4.69) is 4.72 Å². The Morgan fingerprint density at radius 1 is 1.41 bits per heavy atom. The van der Waals surface area contributed by atoms with E-state index in [1.807, 2.05) is 0 Å². The quantitative estimate of drug-likeness (QED) is 0.768. The highest BCUT2D eigenvalue weighted by atomic mass is 32.2. The highest BCUT2D eigenvalue weighted by molar-refractivity contribution is 7.90. The summed E-state index contributed by atoms with van der Waals surface area (Å²) in [6, 6.07) is 1.76. The first kappa shape index (κ1) is 14.4. The molecule has 1 saturated carbocycles. The lowest BCUT2D eigenvalue weighted by molar-refractivity contribution is 0.00943. The SMILES string of the molecule is CCC(C#N)S(=O)(=O)NCC1(O)CCCCC1. The van der Waals surface area contributed by atoms with Crippen LogP contribution in [0.4, 0.5) is 0 Å². The first-order chi connectivity index (χ1) is 7.93. The molecule has 0 bridgehead atoms. The van der Waals surface area contributed by atoms with E-state index in [1.54, 1.807) is 13.0 Å². The van der Waals surface area contributed by atoms with E-state index in [9.17, 15) is 13.5 Å². The fourth-order valence-electron chi connectivity index (χ4n) is 2.10. The number of nitriles is 1. The summed E-state index contributed by atoms with van der Waals surface area (Å²) in [4.78, 5) is 0. The number of nitrogens with one attached hydrogen (secondary N) is 1. The molecule has 0 aromatic heterocycles. The van der Waals surface area contributed by atoms with Gasteiger partial charge in [0, 0.05) is 6.54 Å². The third-order valence-corrected chi connectivity index (χ3v) is 5.01. The Morgan fingerprint density at radius 3 is 2.47 bits per heavy atom. The molecule has 1 aliphatic rings. The molecule has 0 aromatic rings. The first-order valence-electron chi connectivity index (χ1n) is 6.04. The van der Waals surface area contributed by atoms with Gasteiger partial charge in [0.2, 0.25) is 10.0 Å². The average Bonchev–Trinajstić information content (AvgIpc) is 2.29. The van der Waals surface area contributed by atoms with E-state index in [4.69, 9.17) is 5.26 Å². The van der Waals surface area contributed by atoms with E-state index < -0.39 is 20.9 Å². The van der Waals surface area contributed by atoms with E-state index in [1.165, 1.54) is 0 Å². The van der Waals surface area contributed by atoms with Gasteiger partial charge in [-0.1, -0.05) is 26.2 Å². The van der Waals surface area contributed by atoms with Crippen molar-refractivity contribution < 1.29 is 13.5 Å². The maximum Gasteiger partial charge on any atom is 0.228 e. The molecule has 0 saturated heterocycles. The Balaban J connectivity index is 2.58. The molecule has 1 rings (SSSR count). The lowest BCUT2D eigenvalue weighted by Gasteiger charge is -2.32. The molecule has 6 heteroatoms. The van der Waals surface area contributed by atoms with Crippen molar-refractivity contribution in [3.8, 4) is 6.07 Å². The topological polar surface area (TPSA) is 90.2 Å². The van der Waals surface area contributed by atoms with Crippen molar-refractivity contribution in [1.82, 2.24) is 4.72 Å². The van der Waals surface area contributed by atoms with Gasteiger partial charge in [0.25, 0.3) is 0 Å². The molecule has 1 aliphatic carbocycles. The zero-order valence-corrected chi connectivity index (χ0v) is 11.0. The molecule has 2 N–H and O–H groups in total. The minimum atomic E-state index is -3.63. The van der Waals surface area contributed by atoms with Crippen molar-refractivity contribution >= 4 is 10.0 Å². The maximum absolute atomic E-state index is 11.7. The number of rotatable bonds is 5. The second kappa shape index (κ2) is 5.80. The molecule has 0 heterocycles. The van der Waals surface area contributed by atoms with Gasteiger partial charge in [0.1, 0.15) is 0 Å². The summed E-state index contributed by atoms with van der Waals surface area (Å²) in [5.41, 5.74) is -0.931. The average molecular weight is 260 g/mol. The molecule has 1 unspecified atom stereocenters. The Hall–Kier alpha value is -0.640. The summed E-state index contributed by atoms with van der Waals surface area (Å²) >= 11 is 0. The van der Waals surface area contributed by atoms with Crippen molar-refractivity contribution in [3.63, 3.8) is 0 Å². The highest BCUT2D eigenvalue weighted by Gasteiger charge is 2.32. The van der Waals surface area contributed by atoms with Gasteiger partial charge < -0.3 is 5.11 Å². The molecule has 17 heavy (non-hydrogen) atoms. The van der Waals surface area contributed by atoms with Crippen LogP contribution in [-0.2, 0) is 10.0 Å². The highest BCUT2D eigenvalue weighted by Crippen LogP contribution is 2.27. The van der Waals surface area contributed by atoms with Gasteiger partial charge in [-0.15, -0.1) is 0 Å². The molecule has 0 amide bonds. The van der Waals surface area contributed by atoms with Crippen LogP contribution in [0.3, 0.4) is 0 Å². The Morgan fingerprint density at radius 2 is 2.00 bits per heavy atom. The summed E-state index contributed by atoms with van der Waals surface area (Å²) in [5.74, 6) is 0. The molecule has 0 aromatic carbocycles. The number of hydrogen-bond donors (Lipinski definition) is 2. The van der Waals surface area contributed by atoms with Crippen LogP contribution in [0.2, 0.25) is 0 Å². The fraction of sp³-hybridized carbons (Fsp3) is 0.909. The van der Waals surface area contributed by atoms with Gasteiger partial charge >= 0.3 is 0 Å². The second-order valence-electron chi connectivity index (χ2n) is 4.68. The van der Waals surface area contributed by atoms with Gasteiger partial charge in [0.05, 0.1) is 11.7 Å². The molecule has 98 valence electrons. The number of nitrogens with zero attached hydrogens (tertiary/aromatic N) is 1. The molecule has 1 fully saturated rings. The third-order valence-electron chi connectivity index (χ3n) is 3.28. The summed E-state index contributed by atoms with van der Waals surface area (Å²) in [6.07, 6.45) is 4.44. The van der Waals surface area contributed by atoms with Crippen molar-refractivity contribution in [2.45, 2.75) is 56.3 Å². The zero-order chi connectivity index (χ0) is 12.9. The molecule has 1 atom stereocenters. The molecule has 0 radical (unpaired) electrons. The summed E-state index contributed by atoms with van der Waals surface area (Å²) in [6.45, 7) is 1.68. The van der Waals surface area contributed by atoms with Crippen LogP contribution >= 0.6 is 0 Å². The Kier molecular flexibility index (Phi) is 4.92. The van der Waals surface area contributed by atoms with Gasteiger partial charge in [-0.05, 0) is 19.3 Å². The number of aliphatic hydroxyl groups is 1. The van der Waals surface area contributed by atoms with Crippen molar-refractivity contribution in [1.29, 1.82) is 5.26 Å². The van der Waals surface area contributed by atoms with Crippen LogP contribution in [0.1, 0.15) is 45.4 Å². The standard InChI is InChI=1S/C11H20N2O3S/c1-2-10(8-12)17(15,16)13-9-11(14)6-4-3-5-7-11/h10,13-14H,2-7,9H2,1H3. The van der Waals surface area contributed by atoms with Gasteiger partial charge in [-0.3, -0.25) is 0 Å². The van der Waals surface area contributed by atoms with Crippen LogP contribution < -0.4 is 4.72 Å². The minimum absolute atomic E-state index is 0.0213. The summed E-state index contributed by atoms with van der Waals surface area (Å²) < 4.78 is 25.8. The maximum atomic E-state index is 11.7. The summed E-state index contributed by atoms with van der Waals surface area (Å²) in [5, 5.41) is 17.9. The van der Waals surface area contributed by atoms with Crippen LogP contribution in [0.5, 0.6) is 0 Å². The monoisotopic (exact) mass is 260 g/mol. The Labute approximate surface area is 103 Å². The molecule has 5 nitrogen and oxygen atoms in total. The lowest BCUT2D eigenvalue weighted by Crippen LogP contribution is -2.46. The molecular weight excluding hydrogens is 240 g/mol. The molecular formula is C11H20N2O3S. The summed E-state index contributed by atoms with van der Waals surface area (Å²) in [7, 11) is -3.63. The minimum Gasteiger partial charge on any atom is -0.389 e. The molecule has 0 spiro atoms.